The van der Waals surface area contributed by atoms with Gasteiger partial charge in [0.15, 0.2) is 0 Å². The van der Waals surface area contributed by atoms with Gasteiger partial charge < -0.3 is 5.73 Å². The summed E-state index contributed by atoms with van der Waals surface area (Å²) in [6.45, 7) is 2.09. The minimum atomic E-state index is -0.00636. The molecule has 3 rings (SSSR count). The van der Waals surface area contributed by atoms with Crippen LogP contribution >= 0.6 is 15.9 Å². The molecular formula is C17H22BrN3. The lowest BCUT2D eigenvalue weighted by molar-refractivity contribution is 0.461. The van der Waals surface area contributed by atoms with E-state index in [4.69, 9.17) is 10.8 Å². The molecule has 0 saturated heterocycles. The van der Waals surface area contributed by atoms with Crippen LogP contribution in [0.15, 0.2) is 34.9 Å². The molecule has 0 bridgehead atoms. The van der Waals surface area contributed by atoms with Crippen molar-refractivity contribution >= 4 is 15.9 Å². The lowest BCUT2D eigenvalue weighted by atomic mass is 10.0. The molecule has 1 aliphatic rings. The monoisotopic (exact) mass is 347 g/mol. The molecule has 2 aromatic rings. The fourth-order valence-electron chi connectivity index (χ4n) is 3.18. The highest BCUT2D eigenvalue weighted by molar-refractivity contribution is 9.10. The second kappa shape index (κ2) is 6.32. The summed E-state index contributed by atoms with van der Waals surface area (Å²) in [6.07, 6.45) is 8.09. The van der Waals surface area contributed by atoms with Crippen LogP contribution in [0.1, 0.15) is 54.6 Å². The van der Waals surface area contributed by atoms with Crippen LogP contribution in [0.5, 0.6) is 0 Å². The third kappa shape index (κ3) is 3.55. The smallest absolute Gasteiger partial charge is 0.0643 e. The molecule has 0 aliphatic heterocycles. The van der Waals surface area contributed by atoms with Crippen molar-refractivity contribution in [2.24, 2.45) is 5.73 Å². The zero-order chi connectivity index (χ0) is 14.8. The van der Waals surface area contributed by atoms with E-state index in [2.05, 4.69) is 58.0 Å². The number of hydrogen-bond acceptors (Lipinski definition) is 2. The number of halogens is 1. The van der Waals surface area contributed by atoms with Gasteiger partial charge in [0.05, 0.1) is 11.7 Å². The molecule has 0 amide bonds. The van der Waals surface area contributed by atoms with Crippen molar-refractivity contribution in [1.29, 1.82) is 0 Å². The van der Waals surface area contributed by atoms with Crippen LogP contribution in [0.2, 0.25) is 0 Å². The van der Waals surface area contributed by atoms with Gasteiger partial charge in [-0.25, -0.2) is 0 Å². The summed E-state index contributed by atoms with van der Waals surface area (Å²) < 4.78 is 3.23. The SMILES string of the molecule is Cc1cc(Br)cc(C(N)Cc2ccn(C3CCCC3)n2)c1. The molecule has 1 heterocycles. The summed E-state index contributed by atoms with van der Waals surface area (Å²) in [5.41, 5.74) is 9.84. The van der Waals surface area contributed by atoms with Crippen LogP contribution in [0.25, 0.3) is 0 Å². The fourth-order valence-corrected chi connectivity index (χ4v) is 3.81. The maximum atomic E-state index is 6.36. The summed E-state index contributed by atoms with van der Waals surface area (Å²) >= 11 is 3.54. The van der Waals surface area contributed by atoms with Gasteiger partial charge in [0.25, 0.3) is 0 Å². The number of nitrogens with two attached hydrogens (primary N) is 1. The maximum absolute atomic E-state index is 6.36. The average molecular weight is 348 g/mol. The summed E-state index contributed by atoms with van der Waals surface area (Å²) in [7, 11) is 0. The molecule has 3 nitrogen and oxygen atoms in total. The second-order valence-corrected chi connectivity index (χ2v) is 7.01. The van der Waals surface area contributed by atoms with Gasteiger partial charge in [0, 0.05) is 23.1 Å². The first-order valence-electron chi connectivity index (χ1n) is 7.68. The van der Waals surface area contributed by atoms with E-state index < -0.39 is 0 Å². The van der Waals surface area contributed by atoms with Crippen LogP contribution < -0.4 is 5.73 Å². The first-order valence-corrected chi connectivity index (χ1v) is 8.48. The summed E-state index contributed by atoms with van der Waals surface area (Å²) in [5.74, 6) is 0. The van der Waals surface area contributed by atoms with E-state index in [9.17, 15) is 0 Å². The van der Waals surface area contributed by atoms with Crippen molar-refractivity contribution in [3.63, 3.8) is 0 Å². The first kappa shape index (κ1) is 14.8. The Morgan fingerprint density at radius 1 is 1.33 bits per heavy atom. The summed E-state index contributed by atoms with van der Waals surface area (Å²) in [6, 6.07) is 9.07. The predicted molar refractivity (Wildman–Crippen MR) is 89.2 cm³/mol. The molecule has 112 valence electrons. The Morgan fingerprint density at radius 3 is 2.81 bits per heavy atom. The van der Waals surface area contributed by atoms with E-state index in [0.717, 1.165) is 22.2 Å². The summed E-state index contributed by atoms with van der Waals surface area (Å²) in [4.78, 5) is 0. The van der Waals surface area contributed by atoms with Gasteiger partial charge in [-0.2, -0.15) is 5.10 Å². The molecule has 2 N–H and O–H groups in total. The Morgan fingerprint density at radius 2 is 2.10 bits per heavy atom. The quantitative estimate of drug-likeness (QED) is 0.895. The van der Waals surface area contributed by atoms with Gasteiger partial charge in [0.1, 0.15) is 0 Å². The number of aryl methyl sites for hydroxylation is 1. The molecule has 1 aliphatic carbocycles. The Labute approximate surface area is 134 Å². The van der Waals surface area contributed by atoms with Crippen molar-refractivity contribution in [2.75, 3.05) is 0 Å². The number of nitrogens with zero attached hydrogens (tertiary/aromatic N) is 2. The lowest BCUT2D eigenvalue weighted by Gasteiger charge is -2.13. The number of benzene rings is 1. The van der Waals surface area contributed by atoms with Gasteiger partial charge in [-0.15, -0.1) is 0 Å². The Bertz CT molecular complexity index is 594. The zero-order valence-corrected chi connectivity index (χ0v) is 14.0. The third-order valence-electron chi connectivity index (χ3n) is 4.28. The topological polar surface area (TPSA) is 43.8 Å². The zero-order valence-electron chi connectivity index (χ0n) is 12.4. The minimum Gasteiger partial charge on any atom is -0.324 e. The molecule has 0 radical (unpaired) electrons. The molecule has 1 aromatic carbocycles. The molecule has 1 atom stereocenters. The highest BCUT2D eigenvalue weighted by Gasteiger charge is 2.18. The van der Waals surface area contributed by atoms with E-state index in [1.165, 1.54) is 31.2 Å². The number of hydrogen-bond donors (Lipinski definition) is 1. The van der Waals surface area contributed by atoms with E-state index in [-0.39, 0.29) is 6.04 Å². The average Bonchev–Trinajstić information content (AvgIpc) is 3.07. The van der Waals surface area contributed by atoms with Gasteiger partial charge in [-0.3, -0.25) is 4.68 Å². The van der Waals surface area contributed by atoms with E-state index >= 15 is 0 Å². The maximum Gasteiger partial charge on any atom is 0.0643 e. The van der Waals surface area contributed by atoms with Crippen LogP contribution in [0.4, 0.5) is 0 Å². The standard InChI is InChI=1S/C17H22BrN3/c1-12-8-13(10-14(18)9-12)17(19)11-15-6-7-21(20-15)16-4-2-3-5-16/h6-10,16-17H,2-5,11,19H2,1H3. The fraction of sp³-hybridized carbons (Fsp3) is 0.471. The normalized spacial score (nSPS) is 17.3. The molecule has 0 spiro atoms. The van der Waals surface area contributed by atoms with Crippen LogP contribution in [0, 0.1) is 6.92 Å². The van der Waals surface area contributed by atoms with Crippen molar-refractivity contribution in [2.45, 2.75) is 51.1 Å². The predicted octanol–water partition coefficient (Wildman–Crippen LogP) is 4.31. The Kier molecular flexibility index (Phi) is 4.45. The highest BCUT2D eigenvalue weighted by atomic mass is 79.9. The summed E-state index contributed by atoms with van der Waals surface area (Å²) in [5, 5.41) is 4.73. The third-order valence-corrected chi connectivity index (χ3v) is 4.74. The van der Waals surface area contributed by atoms with Crippen molar-refractivity contribution in [1.82, 2.24) is 9.78 Å². The van der Waals surface area contributed by atoms with Crippen LogP contribution in [-0.4, -0.2) is 9.78 Å². The molecule has 1 saturated carbocycles. The highest BCUT2D eigenvalue weighted by Crippen LogP contribution is 2.29. The first-order chi connectivity index (χ1) is 10.1. The van der Waals surface area contributed by atoms with Crippen LogP contribution in [0.3, 0.4) is 0 Å². The minimum absolute atomic E-state index is 0.00636. The lowest BCUT2D eigenvalue weighted by Crippen LogP contribution is -2.14. The Balaban J connectivity index is 1.70. The van der Waals surface area contributed by atoms with E-state index in [1.54, 1.807) is 0 Å². The van der Waals surface area contributed by atoms with E-state index in [0.29, 0.717) is 6.04 Å². The largest absolute Gasteiger partial charge is 0.324 e. The van der Waals surface area contributed by atoms with Gasteiger partial charge in [-0.1, -0.05) is 34.8 Å². The van der Waals surface area contributed by atoms with Crippen molar-refractivity contribution in [3.8, 4) is 0 Å². The van der Waals surface area contributed by atoms with Gasteiger partial charge in [0.2, 0.25) is 0 Å². The molecular weight excluding hydrogens is 326 g/mol. The van der Waals surface area contributed by atoms with Gasteiger partial charge >= 0.3 is 0 Å². The molecule has 1 fully saturated rings. The van der Waals surface area contributed by atoms with Crippen molar-refractivity contribution in [3.05, 3.63) is 51.8 Å². The molecule has 1 aromatic heterocycles. The molecule has 1 unspecified atom stereocenters. The number of aromatic nitrogens is 2. The molecule has 4 heteroatoms. The Hall–Kier alpha value is -1.13. The van der Waals surface area contributed by atoms with Crippen molar-refractivity contribution < 1.29 is 0 Å². The molecule has 21 heavy (non-hydrogen) atoms. The van der Waals surface area contributed by atoms with Gasteiger partial charge in [-0.05, 0) is 49.1 Å². The van der Waals surface area contributed by atoms with Crippen LogP contribution in [-0.2, 0) is 6.42 Å². The second-order valence-electron chi connectivity index (χ2n) is 6.10. The van der Waals surface area contributed by atoms with E-state index in [1.807, 2.05) is 0 Å². The number of rotatable bonds is 4.